The molecule has 0 atom stereocenters. The Morgan fingerprint density at radius 1 is 1.37 bits per heavy atom. The fourth-order valence-electron chi connectivity index (χ4n) is 3.04. The first-order valence-electron chi connectivity index (χ1n) is 8.79. The summed E-state index contributed by atoms with van der Waals surface area (Å²) in [6.07, 6.45) is -3.78. The molecule has 3 rings (SSSR count). The second-order valence-electron chi connectivity index (χ2n) is 6.56. The lowest BCUT2D eigenvalue weighted by Crippen LogP contribution is -2.31. The zero-order chi connectivity index (χ0) is 22.1. The number of rotatable bonds is 4. The molecular formula is C19H18ClF4N5O. The Morgan fingerprint density at radius 2 is 2.10 bits per heavy atom. The Morgan fingerprint density at radius 3 is 2.70 bits per heavy atom. The summed E-state index contributed by atoms with van der Waals surface area (Å²) in [7, 11) is 1.38. The van der Waals surface area contributed by atoms with Crippen molar-refractivity contribution in [1.29, 1.82) is 0 Å². The van der Waals surface area contributed by atoms with E-state index in [0.717, 1.165) is 10.8 Å². The van der Waals surface area contributed by atoms with Crippen LogP contribution in [-0.2, 0) is 24.5 Å². The third-order valence-electron chi connectivity index (χ3n) is 4.44. The average Bonchev–Trinajstić information content (AvgIpc) is 3.06. The lowest BCUT2D eigenvalue weighted by Gasteiger charge is -2.30. The van der Waals surface area contributed by atoms with Crippen molar-refractivity contribution >= 4 is 23.6 Å². The number of hydrogen-bond acceptors (Lipinski definition) is 4. The lowest BCUT2D eigenvalue weighted by molar-refractivity contribution is -0.140. The van der Waals surface area contributed by atoms with Crippen molar-refractivity contribution in [2.45, 2.75) is 19.6 Å². The topological polar surface area (TPSA) is 55.0 Å². The highest BCUT2D eigenvalue weighted by molar-refractivity contribution is 6.65. The SMILES string of the molecule is C=NC(Cl)=NC1=C(C)OCCN1Cc1ccc(-c2nc(C(F)(F)F)cn2C)c(F)c1. The smallest absolute Gasteiger partial charge is 0.434 e. The third kappa shape index (κ3) is 4.64. The number of nitrogens with zero attached hydrogens (tertiary/aromatic N) is 5. The Balaban J connectivity index is 1.88. The van der Waals surface area contributed by atoms with Gasteiger partial charge in [-0.25, -0.2) is 14.4 Å². The van der Waals surface area contributed by atoms with E-state index in [-0.39, 0.29) is 23.2 Å². The van der Waals surface area contributed by atoms with Crippen molar-refractivity contribution in [2.75, 3.05) is 13.2 Å². The number of alkyl halides is 3. The molecule has 0 spiro atoms. The van der Waals surface area contributed by atoms with Crippen molar-refractivity contribution in [3.05, 3.63) is 53.1 Å². The predicted molar refractivity (Wildman–Crippen MR) is 106 cm³/mol. The van der Waals surface area contributed by atoms with Gasteiger partial charge in [0.05, 0.1) is 12.1 Å². The Labute approximate surface area is 175 Å². The number of imidazole rings is 1. The maximum absolute atomic E-state index is 14.8. The lowest BCUT2D eigenvalue weighted by atomic mass is 10.1. The summed E-state index contributed by atoms with van der Waals surface area (Å²) in [5.41, 5.74) is -0.512. The molecule has 0 amide bonds. The molecule has 2 heterocycles. The number of halogens is 5. The number of ether oxygens (including phenoxy) is 1. The highest BCUT2D eigenvalue weighted by atomic mass is 35.5. The monoisotopic (exact) mass is 443 g/mol. The molecule has 6 nitrogen and oxygen atoms in total. The molecule has 0 fully saturated rings. The normalized spacial score (nSPS) is 15.4. The molecule has 0 radical (unpaired) electrons. The van der Waals surface area contributed by atoms with E-state index in [0.29, 0.717) is 30.3 Å². The molecular weight excluding hydrogens is 426 g/mol. The second-order valence-corrected chi connectivity index (χ2v) is 6.90. The van der Waals surface area contributed by atoms with Crippen molar-refractivity contribution < 1.29 is 22.3 Å². The molecule has 0 bridgehead atoms. The van der Waals surface area contributed by atoms with E-state index in [1.54, 1.807) is 13.0 Å². The van der Waals surface area contributed by atoms with Gasteiger partial charge < -0.3 is 14.2 Å². The molecule has 0 saturated carbocycles. The van der Waals surface area contributed by atoms with Gasteiger partial charge in [0.25, 0.3) is 0 Å². The van der Waals surface area contributed by atoms with Crippen LogP contribution in [0.3, 0.4) is 0 Å². The maximum atomic E-state index is 14.8. The zero-order valence-corrected chi connectivity index (χ0v) is 16.9. The molecule has 2 aromatic rings. The van der Waals surface area contributed by atoms with Crippen LogP contribution in [0.15, 0.2) is 46.0 Å². The van der Waals surface area contributed by atoms with E-state index in [4.69, 9.17) is 16.3 Å². The molecule has 0 saturated heterocycles. The van der Waals surface area contributed by atoms with Crippen LogP contribution in [-0.4, -0.2) is 39.6 Å². The van der Waals surface area contributed by atoms with Crippen LogP contribution in [0.2, 0.25) is 0 Å². The van der Waals surface area contributed by atoms with Crippen LogP contribution >= 0.6 is 11.6 Å². The van der Waals surface area contributed by atoms with Crippen LogP contribution in [0.1, 0.15) is 18.2 Å². The van der Waals surface area contributed by atoms with E-state index in [2.05, 4.69) is 21.7 Å². The van der Waals surface area contributed by atoms with E-state index in [9.17, 15) is 17.6 Å². The molecule has 30 heavy (non-hydrogen) atoms. The second kappa shape index (κ2) is 8.47. The standard InChI is InChI=1S/C19H18ClF4N5O/c1-11-16(27-18(20)25-2)29(6-7-30-11)9-12-4-5-13(14(21)8-12)17-26-15(10-28(17)3)19(22,23)24/h4-5,8,10H,2,6-7,9H2,1,3H3. The fraction of sp³-hybridized carbons (Fsp3) is 0.316. The van der Waals surface area contributed by atoms with Gasteiger partial charge in [-0.1, -0.05) is 6.07 Å². The Hall–Kier alpha value is -2.88. The van der Waals surface area contributed by atoms with Gasteiger partial charge in [0.15, 0.2) is 11.5 Å². The molecule has 0 N–H and O–H groups in total. The van der Waals surface area contributed by atoms with Crippen molar-refractivity contribution in [1.82, 2.24) is 14.5 Å². The van der Waals surface area contributed by atoms with Crippen LogP contribution in [0.25, 0.3) is 11.4 Å². The highest BCUT2D eigenvalue weighted by Gasteiger charge is 2.34. The van der Waals surface area contributed by atoms with Crippen LogP contribution in [0.5, 0.6) is 0 Å². The van der Waals surface area contributed by atoms with Crippen molar-refractivity contribution in [3.8, 4) is 11.4 Å². The van der Waals surface area contributed by atoms with Gasteiger partial charge in [-0.2, -0.15) is 18.2 Å². The highest BCUT2D eigenvalue weighted by Crippen LogP contribution is 2.32. The number of hydrogen-bond donors (Lipinski definition) is 0. The molecule has 1 aliphatic rings. The largest absolute Gasteiger partial charge is 0.493 e. The Kier molecular flexibility index (Phi) is 6.16. The predicted octanol–water partition coefficient (Wildman–Crippen LogP) is 4.56. The molecule has 1 aromatic carbocycles. The van der Waals surface area contributed by atoms with Crippen LogP contribution in [0.4, 0.5) is 17.6 Å². The summed E-state index contributed by atoms with van der Waals surface area (Å²) in [5, 5.41) is -0.0587. The molecule has 11 heteroatoms. The molecule has 0 aliphatic carbocycles. The summed E-state index contributed by atoms with van der Waals surface area (Å²) in [4.78, 5) is 13.1. The molecule has 160 valence electrons. The summed E-state index contributed by atoms with van der Waals surface area (Å²) in [6, 6.07) is 4.29. The summed E-state index contributed by atoms with van der Waals surface area (Å²) in [5.74, 6) is 0.192. The van der Waals surface area contributed by atoms with Crippen LogP contribution < -0.4 is 0 Å². The van der Waals surface area contributed by atoms with Gasteiger partial charge in [-0.3, -0.25) is 0 Å². The molecule has 1 aromatic heterocycles. The first-order valence-corrected chi connectivity index (χ1v) is 9.17. The number of aliphatic imine (C=N–C) groups is 2. The number of aromatic nitrogens is 2. The van der Waals surface area contributed by atoms with E-state index < -0.39 is 17.7 Å². The van der Waals surface area contributed by atoms with Gasteiger partial charge in [-0.05, 0) is 42.9 Å². The quantitative estimate of drug-likeness (QED) is 0.301. The minimum absolute atomic E-state index is 0.0254. The fourth-order valence-corrected chi connectivity index (χ4v) is 3.12. The van der Waals surface area contributed by atoms with E-state index >= 15 is 0 Å². The van der Waals surface area contributed by atoms with Gasteiger partial charge in [0, 0.05) is 19.8 Å². The van der Waals surface area contributed by atoms with Gasteiger partial charge in [0.2, 0.25) is 5.29 Å². The van der Waals surface area contributed by atoms with Gasteiger partial charge in [-0.15, -0.1) is 0 Å². The number of amidine groups is 1. The summed E-state index contributed by atoms with van der Waals surface area (Å²) < 4.78 is 60.0. The average molecular weight is 444 g/mol. The third-order valence-corrected chi connectivity index (χ3v) is 4.64. The summed E-state index contributed by atoms with van der Waals surface area (Å²) >= 11 is 5.85. The van der Waals surface area contributed by atoms with E-state index in [1.807, 2.05) is 4.90 Å². The van der Waals surface area contributed by atoms with E-state index in [1.165, 1.54) is 19.2 Å². The van der Waals surface area contributed by atoms with Gasteiger partial charge in [0.1, 0.15) is 24.0 Å². The maximum Gasteiger partial charge on any atom is 0.434 e. The zero-order valence-electron chi connectivity index (χ0n) is 16.2. The number of aryl methyl sites for hydroxylation is 1. The first-order chi connectivity index (χ1) is 14.1. The molecule has 1 aliphatic heterocycles. The summed E-state index contributed by atoms with van der Waals surface area (Å²) in [6.45, 7) is 6.22. The number of allylic oxidation sites excluding steroid dienone is 1. The van der Waals surface area contributed by atoms with Crippen molar-refractivity contribution in [2.24, 2.45) is 17.0 Å². The minimum Gasteiger partial charge on any atom is -0.493 e. The number of benzene rings is 1. The van der Waals surface area contributed by atoms with Crippen LogP contribution in [0, 0.1) is 5.82 Å². The minimum atomic E-state index is -4.61. The molecule has 0 unspecified atom stereocenters. The Bertz CT molecular complexity index is 1030. The first kappa shape index (κ1) is 21.8. The van der Waals surface area contributed by atoms with Gasteiger partial charge >= 0.3 is 6.18 Å². The van der Waals surface area contributed by atoms with Crippen molar-refractivity contribution in [3.63, 3.8) is 0 Å².